The molecule has 0 bridgehead atoms. The predicted octanol–water partition coefficient (Wildman–Crippen LogP) is 3.30. The molecule has 0 aromatic carbocycles. The van der Waals surface area contributed by atoms with Crippen LogP contribution in [-0.2, 0) is 0 Å². The Kier molecular flexibility index (Phi) is 4.43. The predicted molar refractivity (Wildman–Crippen MR) is 79.1 cm³/mol. The van der Waals surface area contributed by atoms with E-state index in [1.54, 1.807) is 0 Å². The van der Waals surface area contributed by atoms with Gasteiger partial charge in [-0.25, -0.2) is 4.98 Å². The second-order valence-electron chi connectivity index (χ2n) is 5.13. The van der Waals surface area contributed by atoms with Crippen molar-refractivity contribution in [3.8, 4) is 0 Å². The molecule has 0 amide bonds. The third kappa shape index (κ3) is 2.94. The normalized spacial score (nSPS) is 23.4. The molecule has 5 heteroatoms. The Morgan fingerprint density at radius 1 is 1.50 bits per heavy atom. The fourth-order valence-corrected chi connectivity index (χ4v) is 2.90. The van der Waals surface area contributed by atoms with Gasteiger partial charge in [0.05, 0.1) is 4.47 Å². The molecule has 1 N–H and O–H groups in total. The number of hydrogen-bond acceptors (Lipinski definition) is 4. The summed E-state index contributed by atoms with van der Waals surface area (Å²) in [4.78, 5) is 11.3. The van der Waals surface area contributed by atoms with Gasteiger partial charge in [0.2, 0.25) is 5.95 Å². The van der Waals surface area contributed by atoms with Crippen LogP contribution in [0.3, 0.4) is 0 Å². The summed E-state index contributed by atoms with van der Waals surface area (Å²) in [5, 5.41) is 3.24. The fourth-order valence-electron chi connectivity index (χ4n) is 2.48. The second kappa shape index (κ2) is 5.87. The molecule has 18 heavy (non-hydrogen) atoms. The van der Waals surface area contributed by atoms with Crippen molar-refractivity contribution in [1.29, 1.82) is 0 Å². The summed E-state index contributed by atoms with van der Waals surface area (Å²) in [5.74, 6) is 2.47. The fraction of sp³-hybridized carbons (Fsp3) is 0.692. The summed E-state index contributed by atoms with van der Waals surface area (Å²) in [7, 11) is 0. The molecule has 1 fully saturated rings. The molecule has 1 aromatic rings. The maximum Gasteiger partial charge on any atom is 0.224 e. The van der Waals surface area contributed by atoms with Gasteiger partial charge in [0.1, 0.15) is 5.82 Å². The third-order valence-electron chi connectivity index (χ3n) is 3.31. The lowest BCUT2D eigenvalue weighted by molar-refractivity contribution is 0.625. The molecule has 0 aliphatic carbocycles. The number of rotatable bonds is 4. The number of hydrogen-bond donors (Lipinski definition) is 1. The van der Waals surface area contributed by atoms with Crippen molar-refractivity contribution < 1.29 is 0 Å². The van der Waals surface area contributed by atoms with E-state index in [0.29, 0.717) is 6.04 Å². The SMILES string of the molecule is CCCNc1ncc(Br)c(N2CC(C)CC2C)n1. The summed E-state index contributed by atoms with van der Waals surface area (Å²) in [6.07, 6.45) is 4.15. The number of anilines is 2. The minimum Gasteiger partial charge on any atom is -0.354 e. The van der Waals surface area contributed by atoms with E-state index < -0.39 is 0 Å². The van der Waals surface area contributed by atoms with E-state index in [1.807, 2.05) is 6.20 Å². The van der Waals surface area contributed by atoms with E-state index in [-0.39, 0.29) is 0 Å². The molecule has 2 rings (SSSR count). The molecule has 1 aliphatic heterocycles. The number of nitrogens with one attached hydrogen (secondary N) is 1. The van der Waals surface area contributed by atoms with E-state index in [2.05, 4.69) is 56.9 Å². The van der Waals surface area contributed by atoms with Crippen LogP contribution in [0.15, 0.2) is 10.7 Å². The standard InChI is InChI=1S/C13H21BrN4/c1-4-5-15-13-16-7-11(14)12(17-13)18-8-9(2)6-10(18)3/h7,9-10H,4-6,8H2,1-3H3,(H,15,16,17). The van der Waals surface area contributed by atoms with Crippen LogP contribution in [0.4, 0.5) is 11.8 Å². The molecule has 1 aromatic heterocycles. The van der Waals surface area contributed by atoms with Crippen LogP contribution in [0.5, 0.6) is 0 Å². The van der Waals surface area contributed by atoms with Gasteiger partial charge in [0.25, 0.3) is 0 Å². The number of halogens is 1. The van der Waals surface area contributed by atoms with Crippen LogP contribution >= 0.6 is 15.9 Å². The maximum absolute atomic E-state index is 4.63. The highest BCUT2D eigenvalue weighted by molar-refractivity contribution is 9.10. The molecule has 2 atom stereocenters. The van der Waals surface area contributed by atoms with E-state index in [0.717, 1.165) is 41.7 Å². The maximum atomic E-state index is 4.63. The zero-order chi connectivity index (χ0) is 13.1. The first-order valence-corrected chi connectivity index (χ1v) is 7.44. The minimum absolute atomic E-state index is 0.547. The first-order chi connectivity index (χ1) is 8.61. The zero-order valence-corrected chi connectivity index (χ0v) is 12.9. The molecule has 0 radical (unpaired) electrons. The van der Waals surface area contributed by atoms with Crippen LogP contribution in [0, 0.1) is 5.92 Å². The van der Waals surface area contributed by atoms with E-state index in [9.17, 15) is 0 Å². The lowest BCUT2D eigenvalue weighted by Crippen LogP contribution is -2.28. The summed E-state index contributed by atoms with van der Waals surface area (Å²) < 4.78 is 0.977. The van der Waals surface area contributed by atoms with Crippen molar-refractivity contribution >= 4 is 27.7 Å². The molecule has 4 nitrogen and oxygen atoms in total. The summed E-state index contributed by atoms with van der Waals surface area (Å²) in [6.45, 7) is 8.67. The van der Waals surface area contributed by atoms with Gasteiger partial charge in [-0.3, -0.25) is 0 Å². The van der Waals surface area contributed by atoms with Gasteiger partial charge in [0, 0.05) is 25.3 Å². The molecule has 0 spiro atoms. The summed E-state index contributed by atoms with van der Waals surface area (Å²) in [6, 6.07) is 0.547. The number of nitrogens with zero attached hydrogens (tertiary/aromatic N) is 3. The lowest BCUT2D eigenvalue weighted by atomic mass is 10.1. The van der Waals surface area contributed by atoms with Crippen molar-refractivity contribution in [2.45, 2.75) is 39.7 Å². The van der Waals surface area contributed by atoms with Gasteiger partial charge in [-0.1, -0.05) is 13.8 Å². The molecule has 0 saturated carbocycles. The quantitative estimate of drug-likeness (QED) is 0.926. The molecule has 1 aliphatic rings. The van der Waals surface area contributed by atoms with E-state index in [1.165, 1.54) is 6.42 Å². The molecule has 1 saturated heterocycles. The molecular formula is C13H21BrN4. The lowest BCUT2D eigenvalue weighted by Gasteiger charge is -2.24. The smallest absolute Gasteiger partial charge is 0.224 e. The Balaban J connectivity index is 2.20. The monoisotopic (exact) mass is 312 g/mol. The summed E-state index contributed by atoms with van der Waals surface area (Å²) >= 11 is 3.56. The van der Waals surface area contributed by atoms with Crippen molar-refractivity contribution in [3.05, 3.63) is 10.7 Å². The first-order valence-electron chi connectivity index (χ1n) is 6.64. The Labute approximate surface area is 117 Å². The average molecular weight is 313 g/mol. The van der Waals surface area contributed by atoms with Gasteiger partial charge >= 0.3 is 0 Å². The minimum atomic E-state index is 0.547. The van der Waals surface area contributed by atoms with Gasteiger partial charge in [0.15, 0.2) is 0 Å². The highest BCUT2D eigenvalue weighted by atomic mass is 79.9. The highest BCUT2D eigenvalue weighted by Crippen LogP contribution is 2.32. The van der Waals surface area contributed by atoms with Gasteiger partial charge in [-0.15, -0.1) is 0 Å². The van der Waals surface area contributed by atoms with Gasteiger partial charge in [-0.05, 0) is 41.6 Å². The van der Waals surface area contributed by atoms with E-state index >= 15 is 0 Å². The Morgan fingerprint density at radius 2 is 2.28 bits per heavy atom. The Bertz CT molecular complexity index is 410. The first kappa shape index (κ1) is 13.6. The van der Waals surface area contributed by atoms with Crippen LogP contribution in [0.2, 0.25) is 0 Å². The van der Waals surface area contributed by atoms with Crippen molar-refractivity contribution in [2.24, 2.45) is 5.92 Å². The van der Waals surface area contributed by atoms with Crippen LogP contribution in [-0.4, -0.2) is 29.1 Å². The van der Waals surface area contributed by atoms with Crippen molar-refractivity contribution in [1.82, 2.24) is 9.97 Å². The largest absolute Gasteiger partial charge is 0.354 e. The Morgan fingerprint density at radius 3 is 2.89 bits per heavy atom. The summed E-state index contributed by atoms with van der Waals surface area (Å²) in [5.41, 5.74) is 0. The van der Waals surface area contributed by atoms with Crippen LogP contribution in [0.1, 0.15) is 33.6 Å². The molecule has 2 unspecified atom stereocenters. The zero-order valence-electron chi connectivity index (χ0n) is 11.3. The van der Waals surface area contributed by atoms with E-state index in [4.69, 9.17) is 0 Å². The second-order valence-corrected chi connectivity index (χ2v) is 5.99. The number of aromatic nitrogens is 2. The van der Waals surface area contributed by atoms with Gasteiger partial charge < -0.3 is 10.2 Å². The van der Waals surface area contributed by atoms with Gasteiger partial charge in [-0.2, -0.15) is 4.98 Å². The molecule has 2 heterocycles. The van der Waals surface area contributed by atoms with Crippen molar-refractivity contribution in [3.63, 3.8) is 0 Å². The van der Waals surface area contributed by atoms with Crippen LogP contribution < -0.4 is 10.2 Å². The average Bonchev–Trinajstić information content (AvgIpc) is 2.67. The van der Waals surface area contributed by atoms with Crippen molar-refractivity contribution in [2.75, 3.05) is 23.3 Å². The highest BCUT2D eigenvalue weighted by Gasteiger charge is 2.28. The Hall–Kier alpha value is -0.840. The van der Waals surface area contributed by atoms with Crippen LogP contribution in [0.25, 0.3) is 0 Å². The third-order valence-corrected chi connectivity index (χ3v) is 3.87. The topological polar surface area (TPSA) is 41.1 Å². The molecule has 100 valence electrons. The molecular weight excluding hydrogens is 292 g/mol.